The minimum absolute atomic E-state index is 0.197. The molecular formula is C20H23N3O3. The molecule has 1 aromatic carbocycles. The molecule has 0 unspecified atom stereocenters. The SMILES string of the molecule is Cc1ccc(NC(=O)c2ccc(N3CCC(C(=O)O)CC3)nc2)cc1C. The van der Waals surface area contributed by atoms with Crippen LogP contribution in [0.4, 0.5) is 11.5 Å². The van der Waals surface area contributed by atoms with Crippen LogP contribution in [-0.4, -0.2) is 35.1 Å². The van der Waals surface area contributed by atoms with Gasteiger partial charge in [0.2, 0.25) is 0 Å². The molecule has 0 atom stereocenters. The number of aliphatic carboxylic acids is 1. The summed E-state index contributed by atoms with van der Waals surface area (Å²) in [5.41, 5.74) is 3.56. The molecule has 1 aliphatic rings. The highest BCUT2D eigenvalue weighted by molar-refractivity contribution is 6.04. The molecule has 0 aliphatic carbocycles. The third-order valence-electron chi connectivity index (χ3n) is 4.94. The summed E-state index contributed by atoms with van der Waals surface area (Å²) in [6.07, 6.45) is 2.80. The topological polar surface area (TPSA) is 82.5 Å². The van der Waals surface area contributed by atoms with E-state index in [1.54, 1.807) is 12.3 Å². The minimum atomic E-state index is -0.726. The van der Waals surface area contributed by atoms with Crippen LogP contribution in [0.25, 0.3) is 0 Å². The Morgan fingerprint density at radius 1 is 1.12 bits per heavy atom. The average molecular weight is 353 g/mol. The summed E-state index contributed by atoms with van der Waals surface area (Å²) in [6.45, 7) is 5.37. The Labute approximate surface area is 152 Å². The second-order valence-electron chi connectivity index (χ2n) is 6.76. The van der Waals surface area contributed by atoms with Gasteiger partial charge in [0.15, 0.2) is 0 Å². The van der Waals surface area contributed by atoms with Crippen molar-refractivity contribution in [3.8, 4) is 0 Å². The molecule has 1 aromatic heterocycles. The van der Waals surface area contributed by atoms with E-state index >= 15 is 0 Å². The highest BCUT2D eigenvalue weighted by atomic mass is 16.4. The summed E-state index contributed by atoms with van der Waals surface area (Å²) in [7, 11) is 0. The van der Waals surface area contributed by atoms with Crippen molar-refractivity contribution in [2.45, 2.75) is 26.7 Å². The van der Waals surface area contributed by atoms with Crippen LogP contribution in [0, 0.1) is 19.8 Å². The van der Waals surface area contributed by atoms with Gasteiger partial charge in [-0.2, -0.15) is 0 Å². The average Bonchev–Trinajstić information content (AvgIpc) is 2.65. The summed E-state index contributed by atoms with van der Waals surface area (Å²) < 4.78 is 0. The molecule has 0 bridgehead atoms. The molecule has 0 spiro atoms. The molecule has 6 heteroatoms. The van der Waals surface area contributed by atoms with Gasteiger partial charge in [0.05, 0.1) is 11.5 Å². The van der Waals surface area contributed by atoms with Gasteiger partial charge < -0.3 is 15.3 Å². The lowest BCUT2D eigenvalue weighted by atomic mass is 9.97. The van der Waals surface area contributed by atoms with Gasteiger partial charge in [-0.05, 0) is 62.1 Å². The first-order chi connectivity index (χ1) is 12.4. The molecular weight excluding hydrogens is 330 g/mol. The second kappa shape index (κ2) is 7.56. The van der Waals surface area contributed by atoms with Gasteiger partial charge in [-0.1, -0.05) is 6.07 Å². The smallest absolute Gasteiger partial charge is 0.306 e. The van der Waals surface area contributed by atoms with Crippen LogP contribution in [0.2, 0.25) is 0 Å². The fraction of sp³-hybridized carbons (Fsp3) is 0.350. The van der Waals surface area contributed by atoms with Crippen molar-refractivity contribution in [3.05, 3.63) is 53.2 Å². The van der Waals surface area contributed by atoms with Crippen molar-refractivity contribution in [1.82, 2.24) is 4.98 Å². The van der Waals surface area contributed by atoms with E-state index in [0.29, 0.717) is 31.5 Å². The zero-order valence-electron chi connectivity index (χ0n) is 15.0. The maximum atomic E-state index is 12.4. The normalized spacial score (nSPS) is 14.9. The van der Waals surface area contributed by atoms with Crippen LogP contribution in [0.15, 0.2) is 36.5 Å². The van der Waals surface area contributed by atoms with Crippen molar-refractivity contribution in [1.29, 1.82) is 0 Å². The fourth-order valence-corrected chi connectivity index (χ4v) is 3.09. The van der Waals surface area contributed by atoms with Crippen molar-refractivity contribution >= 4 is 23.4 Å². The van der Waals surface area contributed by atoms with Crippen LogP contribution in [0.1, 0.15) is 34.3 Å². The number of piperidine rings is 1. The van der Waals surface area contributed by atoms with Crippen molar-refractivity contribution in [2.24, 2.45) is 5.92 Å². The lowest BCUT2D eigenvalue weighted by molar-refractivity contribution is -0.142. The van der Waals surface area contributed by atoms with E-state index in [4.69, 9.17) is 5.11 Å². The molecule has 2 aromatic rings. The predicted octanol–water partition coefficient (Wildman–Crippen LogP) is 3.25. The second-order valence-corrected chi connectivity index (χ2v) is 6.76. The van der Waals surface area contributed by atoms with Gasteiger partial charge in [-0.15, -0.1) is 0 Å². The number of amides is 1. The van der Waals surface area contributed by atoms with Crippen LogP contribution in [-0.2, 0) is 4.79 Å². The van der Waals surface area contributed by atoms with E-state index in [-0.39, 0.29) is 11.8 Å². The lowest BCUT2D eigenvalue weighted by Crippen LogP contribution is -2.36. The van der Waals surface area contributed by atoms with Crippen LogP contribution in [0.3, 0.4) is 0 Å². The van der Waals surface area contributed by atoms with E-state index in [1.165, 1.54) is 5.56 Å². The van der Waals surface area contributed by atoms with Crippen molar-refractivity contribution < 1.29 is 14.7 Å². The number of nitrogens with zero attached hydrogens (tertiary/aromatic N) is 2. The summed E-state index contributed by atoms with van der Waals surface area (Å²) in [5, 5.41) is 12.0. The van der Waals surface area contributed by atoms with Gasteiger partial charge >= 0.3 is 5.97 Å². The first kappa shape index (κ1) is 17.9. The Morgan fingerprint density at radius 2 is 1.85 bits per heavy atom. The van der Waals surface area contributed by atoms with Gasteiger partial charge in [-0.3, -0.25) is 9.59 Å². The van der Waals surface area contributed by atoms with E-state index in [2.05, 4.69) is 15.2 Å². The number of nitrogens with one attached hydrogen (secondary N) is 1. The minimum Gasteiger partial charge on any atom is -0.481 e. The van der Waals surface area contributed by atoms with Crippen LogP contribution in [0.5, 0.6) is 0 Å². The first-order valence-electron chi connectivity index (χ1n) is 8.76. The Bertz CT molecular complexity index is 810. The Morgan fingerprint density at radius 3 is 2.42 bits per heavy atom. The number of rotatable bonds is 4. The predicted molar refractivity (Wildman–Crippen MR) is 101 cm³/mol. The monoisotopic (exact) mass is 353 g/mol. The van der Waals surface area contributed by atoms with Gasteiger partial charge in [0, 0.05) is 25.0 Å². The third-order valence-corrected chi connectivity index (χ3v) is 4.94. The number of carboxylic acids is 1. The van der Waals surface area contributed by atoms with E-state index in [0.717, 1.165) is 17.1 Å². The highest BCUT2D eigenvalue weighted by Crippen LogP contribution is 2.22. The van der Waals surface area contributed by atoms with E-state index < -0.39 is 5.97 Å². The van der Waals surface area contributed by atoms with Gasteiger partial charge in [-0.25, -0.2) is 4.98 Å². The molecule has 0 radical (unpaired) electrons. The lowest BCUT2D eigenvalue weighted by Gasteiger charge is -2.31. The Balaban J connectivity index is 1.63. The quantitative estimate of drug-likeness (QED) is 0.882. The zero-order chi connectivity index (χ0) is 18.7. The summed E-state index contributed by atoms with van der Waals surface area (Å²) in [4.78, 5) is 29.9. The number of aromatic nitrogens is 1. The van der Waals surface area contributed by atoms with Crippen LogP contribution >= 0.6 is 0 Å². The highest BCUT2D eigenvalue weighted by Gasteiger charge is 2.25. The molecule has 1 saturated heterocycles. The maximum absolute atomic E-state index is 12.4. The molecule has 6 nitrogen and oxygen atoms in total. The number of carbonyl (C=O) groups is 2. The molecule has 1 aliphatic heterocycles. The molecule has 2 N–H and O–H groups in total. The van der Waals surface area contributed by atoms with Crippen molar-refractivity contribution in [3.63, 3.8) is 0 Å². The summed E-state index contributed by atoms with van der Waals surface area (Å²) in [6, 6.07) is 9.38. The number of hydrogen-bond donors (Lipinski definition) is 2. The largest absolute Gasteiger partial charge is 0.481 e. The molecule has 0 saturated carbocycles. The number of hydrogen-bond acceptors (Lipinski definition) is 4. The first-order valence-corrected chi connectivity index (χ1v) is 8.76. The summed E-state index contributed by atoms with van der Waals surface area (Å²) in [5.74, 6) is -0.418. The van der Waals surface area contributed by atoms with Crippen LogP contribution < -0.4 is 10.2 Å². The Hall–Kier alpha value is -2.89. The fourth-order valence-electron chi connectivity index (χ4n) is 3.09. The van der Waals surface area contributed by atoms with Gasteiger partial charge in [0.1, 0.15) is 5.82 Å². The molecule has 3 rings (SSSR count). The molecule has 26 heavy (non-hydrogen) atoms. The molecule has 1 amide bonds. The van der Waals surface area contributed by atoms with E-state index in [1.807, 2.05) is 38.1 Å². The molecule has 2 heterocycles. The molecule has 136 valence electrons. The number of aryl methyl sites for hydroxylation is 2. The number of carbonyl (C=O) groups excluding carboxylic acids is 1. The standard InChI is InChI=1S/C20H23N3O3/c1-13-3-5-17(11-14(13)2)22-19(24)16-4-6-18(21-12-16)23-9-7-15(8-10-23)20(25)26/h3-6,11-12,15H,7-10H2,1-2H3,(H,22,24)(H,25,26). The number of anilines is 2. The maximum Gasteiger partial charge on any atom is 0.306 e. The number of pyridine rings is 1. The zero-order valence-corrected chi connectivity index (χ0v) is 15.0. The van der Waals surface area contributed by atoms with Gasteiger partial charge in [0.25, 0.3) is 5.91 Å². The number of carboxylic acid groups (broad SMARTS) is 1. The van der Waals surface area contributed by atoms with E-state index in [9.17, 15) is 9.59 Å². The third kappa shape index (κ3) is 4.02. The van der Waals surface area contributed by atoms with Crippen molar-refractivity contribution in [2.75, 3.05) is 23.3 Å². The summed E-state index contributed by atoms with van der Waals surface area (Å²) >= 11 is 0. The Kier molecular flexibility index (Phi) is 5.21. The number of benzene rings is 1. The molecule has 1 fully saturated rings.